The van der Waals surface area contributed by atoms with Gasteiger partial charge in [-0.05, 0) is 48.9 Å². The normalized spacial score (nSPS) is 11.7. The number of halogens is 1. The minimum Gasteiger partial charge on any atom is -0.500 e. The first-order valence-electron chi connectivity index (χ1n) is 7.47. The van der Waals surface area contributed by atoms with Crippen molar-refractivity contribution in [3.8, 4) is 17.6 Å². The van der Waals surface area contributed by atoms with Crippen LogP contribution in [0.4, 0.5) is 5.69 Å². The molecule has 0 radical (unpaired) electrons. The number of allylic oxidation sites excluding steroid dienone is 1. The van der Waals surface area contributed by atoms with Crippen LogP contribution < -0.4 is 4.74 Å². The van der Waals surface area contributed by atoms with Gasteiger partial charge in [-0.3, -0.25) is 10.1 Å². The van der Waals surface area contributed by atoms with E-state index in [1.165, 1.54) is 30.3 Å². The number of nitriles is 1. The minimum absolute atomic E-state index is 0.0111. The summed E-state index contributed by atoms with van der Waals surface area (Å²) in [5, 5.41) is 30.6. The average Bonchev–Trinajstić information content (AvgIpc) is 2.62. The first-order chi connectivity index (χ1) is 12.7. The molecule has 0 aromatic heterocycles. The molecule has 2 aromatic carbocycles. The van der Waals surface area contributed by atoms with Gasteiger partial charge in [-0.15, -0.1) is 0 Å². The zero-order chi connectivity index (χ0) is 20.2. The number of benzene rings is 2. The molecule has 1 N–H and O–H groups in total. The van der Waals surface area contributed by atoms with Gasteiger partial charge in [-0.2, -0.15) is 5.26 Å². The number of phenols is 1. The van der Waals surface area contributed by atoms with Crippen LogP contribution in [0.1, 0.15) is 12.5 Å². The van der Waals surface area contributed by atoms with Crippen molar-refractivity contribution < 1.29 is 23.2 Å². The van der Waals surface area contributed by atoms with Crippen molar-refractivity contribution in [3.05, 3.63) is 62.0 Å². The van der Waals surface area contributed by atoms with Crippen LogP contribution in [0.5, 0.6) is 11.5 Å². The average molecular weight is 409 g/mol. The molecule has 10 heteroatoms. The van der Waals surface area contributed by atoms with Crippen LogP contribution in [-0.4, -0.2) is 25.1 Å². The Morgan fingerprint density at radius 2 is 2.00 bits per heavy atom. The number of hydrogen-bond acceptors (Lipinski definition) is 7. The van der Waals surface area contributed by atoms with E-state index in [9.17, 15) is 28.9 Å². The largest absolute Gasteiger partial charge is 0.500 e. The summed E-state index contributed by atoms with van der Waals surface area (Å²) in [4.78, 5) is 9.48. The SMILES string of the molecule is CCOc1cc(C=C(C#N)S(=O)(=O)c2ccc(Cl)cc2)cc([N+](=O)[O-])c1O. The van der Waals surface area contributed by atoms with E-state index in [4.69, 9.17) is 16.3 Å². The van der Waals surface area contributed by atoms with Gasteiger partial charge >= 0.3 is 5.69 Å². The number of hydrogen-bond donors (Lipinski definition) is 1. The highest BCUT2D eigenvalue weighted by Gasteiger charge is 2.23. The van der Waals surface area contributed by atoms with E-state index in [1.807, 2.05) is 0 Å². The third kappa shape index (κ3) is 4.36. The van der Waals surface area contributed by atoms with Crippen molar-refractivity contribution in [2.75, 3.05) is 6.61 Å². The number of nitrogens with zero attached hydrogens (tertiary/aromatic N) is 2. The maximum Gasteiger partial charge on any atom is 0.315 e. The Morgan fingerprint density at radius 1 is 1.37 bits per heavy atom. The zero-order valence-corrected chi connectivity index (χ0v) is 15.5. The van der Waals surface area contributed by atoms with E-state index >= 15 is 0 Å². The summed E-state index contributed by atoms with van der Waals surface area (Å²) in [6.45, 7) is 1.73. The summed E-state index contributed by atoms with van der Waals surface area (Å²) in [6, 6.07) is 8.96. The maximum absolute atomic E-state index is 12.6. The van der Waals surface area contributed by atoms with Crippen molar-refractivity contribution in [2.24, 2.45) is 0 Å². The van der Waals surface area contributed by atoms with E-state index in [0.29, 0.717) is 5.02 Å². The molecule has 0 saturated carbocycles. The van der Waals surface area contributed by atoms with Gasteiger partial charge in [0.25, 0.3) is 0 Å². The number of sulfone groups is 1. The second-order valence-corrected chi connectivity index (χ2v) is 7.51. The van der Waals surface area contributed by atoms with Gasteiger partial charge in [0.1, 0.15) is 11.0 Å². The maximum atomic E-state index is 12.6. The highest BCUT2D eigenvalue weighted by Crippen LogP contribution is 2.38. The number of phenolic OH excluding ortho intramolecular Hbond substituents is 1. The van der Waals surface area contributed by atoms with E-state index in [-0.39, 0.29) is 22.8 Å². The molecule has 0 atom stereocenters. The Hall–Kier alpha value is -3.09. The lowest BCUT2D eigenvalue weighted by Crippen LogP contribution is -2.03. The molecule has 140 valence electrons. The minimum atomic E-state index is -4.17. The Kier molecular flexibility index (Phi) is 6.05. The molecule has 2 rings (SSSR count). The zero-order valence-electron chi connectivity index (χ0n) is 13.9. The van der Waals surface area contributed by atoms with Crippen LogP contribution in [0.15, 0.2) is 46.2 Å². The quantitative estimate of drug-likeness (QED) is 0.438. The fourth-order valence-electron chi connectivity index (χ4n) is 2.16. The number of ether oxygens (including phenoxy) is 1. The number of nitro groups is 1. The summed E-state index contributed by atoms with van der Waals surface area (Å²) < 4.78 is 30.4. The molecule has 0 aliphatic carbocycles. The molecule has 0 aliphatic heterocycles. The van der Waals surface area contributed by atoms with Crippen LogP contribution in [0.2, 0.25) is 5.02 Å². The lowest BCUT2D eigenvalue weighted by Gasteiger charge is -2.08. The van der Waals surface area contributed by atoms with Gasteiger partial charge in [0.2, 0.25) is 15.6 Å². The van der Waals surface area contributed by atoms with Gasteiger partial charge in [0.15, 0.2) is 5.75 Å². The third-order valence-electron chi connectivity index (χ3n) is 3.40. The Balaban J connectivity index is 2.62. The summed E-state index contributed by atoms with van der Waals surface area (Å²) in [5.74, 6) is -0.878. The van der Waals surface area contributed by atoms with E-state index in [1.54, 1.807) is 13.0 Å². The number of aromatic hydroxyl groups is 1. The van der Waals surface area contributed by atoms with Crippen molar-refractivity contribution in [2.45, 2.75) is 11.8 Å². The summed E-state index contributed by atoms with van der Waals surface area (Å²) in [5.41, 5.74) is -0.662. The molecule has 0 saturated heterocycles. The fraction of sp³-hybridized carbons (Fsp3) is 0.118. The van der Waals surface area contributed by atoms with Crippen molar-refractivity contribution in [1.82, 2.24) is 0 Å². The predicted molar refractivity (Wildman–Crippen MR) is 98.2 cm³/mol. The topological polar surface area (TPSA) is 131 Å². The molecule has 0 heterocycles. The van der Waals surface area contributed by atoms with E-state index in [2.05, 4.69) is 0 Å². The van der Waals surface area contributed by atoms with Gasteiger partial charge in [-0.25, -0.2) is 8.42 Å². The summed E-state index contributed by atoms with van der Waals surface area (Å²) in [7, 11) is -4.17. The molecule has 2 aromatic rings. The standard InChI is InChI=1S/C17H13ClN2O6S/c1-2-26-16-9-11(8-15(17(16)21)20(22)23)7-14(10-19)27(24,25)13-5-3-12(18)4-6-13/h3-9,21H,2H2,1H3. The van der Waals surface area contributed by atoms with Crippen LogP contribution in [-0.2, 0) is 9.84 Å². The monoisotopic (exact) mass is 408 g/mol. The van der Waals surface area contributed by atoms with Gasteiger partial charge in [0.05, 0.1) is 16.4 Å². The van der Waals surface area contributed by atoms with E-state index < -0.39 is 31.1 Å². The molecule has 0 unspecified atom stereocenters. The summed E-state index contributed by atoms with van der Waals surface area (Å²) >= 11 is 5.74. The van der Waals surface area contributed by atoms with Gasteiger partial charge < -0.3 is 9.84 Å². The highest BCUT2D eigenvalue weighted by molar-refractivity contribution is 7.95. The second kappa shape index (κ2) is 8.07. The van der Waals surface area contributed by atoms with Crippen LogP contribution in [0, 0.1) is 21.4 Å². The van der Waals surface area contributed by atoms with Crippen molar-refractivity contribution >= 4 is 33.2 Å². The Labute approximate surface area is 160 Å². The van der Waals surface area contributed by atoms with Gasteiger partial charge in [0, 0.05) is 11.1 Å². The molecule has 0 aliphatic rings. The first kappa shape index (κ1) is 20.2. The number of nitro benzene ring substituents is 1. The van der Waals surface area contributed by atoms with E-state index in [0.717, 1.165) is 12.1 Å². The molecule has 0 fully saturated rings. The molecule has 27 heavy (non-hydrogen) atoms. The third-order valence-corrected chi connectivity index (χ3v) is 5.33. The molecule has 0 spiro atoms. The molecule has 0 bridgehead atoms. The second-order valence-electron chi connectivity index (χ2n) is 5.15. The predicted octanol–water partition coefficient (Wildman–Crippen LogP) is 3.69. The first-order valence-corrected chi connectivity index (χ1v) is 9.33. The van der Waals surface area contributed by atoms with Crippen LogP contribution >= 0.6 is 11.6 Å². The smallest absolute Gasteiger partial charge is 0.315 e. The Morgan fingerprint density at radius 3 is 2.52 bits per heavy atom. The fourth-order valence-corrected chi connectivity index (χ4v) is 3.45. The van der Waals surface area contributed by atoms with Crippen molar-refractivity contribution in [3.63, 3.8) is 0 Å². The molecule has 0 amide bonds. The lowest BCUT2D eigenvalue weighted by molar-refractivity contribution is -0.386. The van der Waals surface area contributed by atoms with Crippen LogP contribution in [0.3, 0.4) is 0 Å². The van der Waals surface area contributed by atoms with Crippen molar-refractivity contribution in [1.29, 1.82) is 5.26 Å². The Bertz CT molecular complexity index is 1060. The lowest BCUT2D eigenvalue weighted by atomic mass is 10.1. The van der Waals surface area contributed by atoms with Crippen LogP contribution in [0.25, 0.3) is 6.08 Å². The molecular weight excluding hydrogens is 396 g/mol. The highest BCUT2D eigenvalue weighted by atomic mass is 35.5. The number of rotatable bonds is 6. The summed E-state index contributed by atoms with van der Waals surface area (Å²) in [6.07, 6.45) is 0.971. The van der Waals surface area contributed by atoms with Gasteiger partial charge in [-0.1, -0.05) is 11.6 Å². The molecular formula is C17H13ClN2O6S. The molecule has 8 nitrogen and oxygen atoms in total.